The van der Waals surface area contributed by atoms with Crippen molar-refractivity contribution in [1.82, 2.24) is 0 Å². The van der Waals surface area contributed by atoms with Gasteiger partial charge in [0, 0.05) is 6.42 Å². The van der Waals surface area contributed by atoms with Crippen LogP contribution in [0.4, 0.5) is 0 Å². The monoisotopic (exact) mass is 200 g/mol. The first kappa shape index (κ1) is 10.7. The van der Waals surface area contributed by atoms with Crippen LogP contribution in [0.5, 0.6) is 0 Å². The maximum atomic E-state index is 11.4. The van der Waals surface area contributed by atoms with E-state index in [1.165, 1.54) is 6.08 Å². The maximum absolute atomic E-state index is 11.4. The minimum Gasteiger partial charge on any atom is -0.481 e. The smallest absolute Gasteiger partial charge is 0.341 e. The van der Waals surface area contributed by atoms with Crippen LogP contribution in [-0.2, 0) is 19.1 Å². The SMILES string of the molecule is C=CCC1(CC(=O)O)O[C@@H](C)OC1=O. The van der Waals surface area contributed by atoms with Crippen LogP contribution in [0.15, 0.2) is 12.7 Å². The van der Waals surface area contributed by atoms with Gasteiger partial charge in [-0.05, 0) is 6.92 Å². The third kappa shape index (κ3) is 1.93. The molecule has 1 N–H and O–H groups in total. The molecule has 1 unspecified atom stereocenters. The maximum Gasteiger partial charge on any atom is 0.341 e. The van der Waals surface area contributed by atoms with Gasteiger partial charge >= 0.3 is 11.9 Å². The summed E-state index contributed by atoms with van der Waals surface area (Å²) in [6.45, 7) is 5.00. The van der Waals surface area contributed by atoms with Gasteiger partial charge in [0.1, 0.15) is 0 Å². The lowest BCUT2D eigenvalue weighted by atomic mass is 9.96. The topological polar surface area (TPSA) is 72.8 Å². The molecule has 1 aliphatic heterocycles. The number of hydrogen-bond acceptors (Lipinski definition) is 4. The van der Waals surface area contributed by atoms with Crippen molar-refractivity contribution in [3.63, 3.8) is 0 Å². The highest BCUT2D eigenvalue weighted by Crippen LogP contribution is 2.31. The molecule has 0 amide bonds. The third-order valence-corrected chi connectivity index (χ3v) is 1.95. The summed E-state index contributed by atoms with van der Waals surface area (Å²) in [4.78, 5) is 21.9. The zero-order valence-corrected chi connectivity index (χ0v) is 7.86. The quantitative estimate of drug-likeness (QED) is 0.534. The number of carboxylic acid groups (broad SMARTS) is 1. The Balaban J connectivity index is 2.86. The van der Waals surface area contributed by atoms with Gasteiger partial charge in [0.25, 0.3) is 0 Å². The predicted molar refractivity (Wildman–Crippen MR) is 46.4 cm³/mol. The van der Waals surface area contributed by atoms with E-state index in [2.05, 4.69) is 6.58 Å². The van der Waals surface area contributed by atoms with Crippen LogP contribution < -0.4 is 0 Å². The van der Waals surface area contributed by atoms with Crippen molar-refractivity contribution in [1.29, 1.82) is 0 Å². The summed E-state index contributed by atoms with van der Waals surface area (Å²) in [6, 6.07) is 0. The van der Waals surface area contributed by atoms with E-state index < -0.39 is 30.3 Å². The van der Waals surface area contributed by atoms with Gasteiger partial charge in [-0.15, -0.1) is 6.58 Å². The molecule has 5 heteroatoms. The summed E-state index contributed by atoms with van der Waals surface area (Å²) in [7, 11) is 0. The first-order valence-corrected chi connectivity index (χ1v) is 4.22. The normalized spacial score (nSPS) is 31.2. The second-order valence-corrected chi connectivity index (χ2v) is 3.15. The van der Waals surface area contributed by atoms with Crippen molar-refractivity contribution < 1.29 is 24.2 Å². The molecule has 1 fully saturated rings. The van der Waals surface area contributed by atoms with Gasteiger partial charge in [0.05, 0.1) is 6.42 Å². The van der Waals surface area contributed by atoms with Crippen molar-refractivity contribution >= 4 is 11.9 Å². The summed E-state index contributed by atoms with van der Waals surface area (Å²) in [5.41, 5.74) is -1.38. The molecule has 0 spiro atoms. The van der Waals surface area contributed by atoms with Crippen LogP contribution in [0.2, 0.25) is 0 Å². The molecule has 2 atom stereocenters. The standard InChI is InChI=1S/C9H12O5/c1-3-4-9(5-7(10)11)8(12)13-6(2)14-9/h3,6H,1,4-5H2,2H3,(H,10,11)/t6-,9?/m0/s1. The van der Waals surface area contributed by atoms with Crippen LogP contribution in [-0.4, -0.2) is 28.9 Å². The van der Waals surface area contributed by atoms with Crippen LogP contribution in [0.1, 0.15) is 19.8 Å². The lowest BCUT2D eigenvalue weighted by Crippen LogP contribution is -2.38. The number of rotatable bonds is 4. The molecular formula is C9H12O5. The molecular weight excluding hydrogens is 188 g/mol. The molecule has 0 saturated carbocycles. The first-order chi connectivity index (χ1) is 6.50. The Morgan fingerprint density at radius 3 is 2.79 bits per heavy atom. The molecule has 0 bridgehead atoms. The van der Waals surface area contributed by atoms with Crippen molar-refractivity contribution in [2.75, 3.05) is 0 Å². The number of aliphatic carboxylic acids is 1. The molecule has 0 radical (unpaired) electrons. The van der Waals surface area contributed by atoms with Crippen LogP contribution >= 0.6 is 0 Å². The summed E-state index contributed by atoms with van der Waals surface area (Å²) in [5, 5.41) is 8.65. The number of carbonyl (C=O) groups is 2. The molecule has 0 aliphatic carbocycles. The Morgan fingerprint density at radius 2 is 2.43 bits per heavy atom. The van der Waals surface area contributed by atoms with Crippen molar-refractivity contribution in [2.45, 2.75) is 31.7 Å². The van der Waals surface area contributed by atoms with Crippen LogP contribution in [0.25, 0.3) is 0 Å². The van der Waals surface area contributed by atoms with E-state index in [1.807, 2.05) is 0 Å². The molecule has 14 heavy (non-hydrogen) atoms. The van der Waals surface area contributed by atoms with Crippen LogP contribution in [0.3, 0.4) is 0 Å². The van der Waals surface area contributed by atoms with E-state index in [0.29, 0.717) is 0 Å². The second kappa shape index (κ2) is 3.79. The van der Waals surface area contributed by atoms with Gasteiger partial charge in [0.15, 0.2) is 5.60 Å². The molecule has 78 valence electrons. The minimum atomic E-state index is -1.38. The number of carboxylic acids is 1. The van der Waals surface area contributed by atoms with Crippen molar-refractivity contribution in [2.24, 2.45) is 0 Å². The highest BCUT2D eigenvalue weighted by Gasteiger charge is 2.49. The van der Waals surface area contributed by atoms with Gasteiger partial charge in [0.2, 0.25) is 6.29 Å². The van der Waals surface area contributed by atoms with Gasteiger partial charge in [-0.1, -0.05) is 6.08 Å². The molecule has 5 nitrogen and oxygen atoms in total. The van der Waals surface area contributed by atoms with Gasteiger partial charge in [-0.2, -0.15) is 0 Å². The lowest BCUT2D eigenvalue weighted by molar-refractivity contribution is -0.152. The van der Waals surface area contributed by atoms with E-state index >= 15 is 0 Å². The van der Waals surface area contributed by atoms with Crippen molar-refractivity contribution in [3.8, 4) is 0 Å². The Kier molecular flexibility index (Phi) is 2.90. The average Bonchev–Trinajstić information content (AvgIpc) is 2.25. The predicted octanol–water partition coefficient (Wildman–Crippen LogP) is 0.695. The first-order valence-electron chi connectivity index (χ1n) is 4.22. The summed E-state index contributed by atoms with van der Waals surface area (Å²) in [6.07, 6.45) is 0.495. The third-order valence-electron chi connectivity index (χ3n) is 1.95. The Morgan fingerprint density at radius 1 is 1.79 bits per heavy atom. The fourth-order valence-electron chi connectivity index (χ4n) is 1.44. The zero-order valence-electron chi connectivity index (χ0n) is 7.86. The number of ether oxygens (including phenoxy) is 2. The fourth-order valence-corrected chi connectivity index (χ4v) is 1.44. The number of cyclic esters (lactones) is 1. The highest BCUT2D eigenvalue weighted by molar-refractivity contribution is 5.86. The van der Waals surface area contributed by atoms with Crippen LogP contribution in [0, 0.1) is 0 Å². The van der Waals surface area contributed by atoms with Gasteiger partial charge in [-0.25, -0.2) is 4.79 Å². The van der Waals surface area contributed by atoms with E-state index in [4.69, 9.17) is 14.6 Å². The zero-order chi connectivity index (χ0) is 10.8. The molecule has 1 rings (SSSR count). The molecule has 1 saturated heterocycles. The highest BCUT2D eigenvalue weighted by atomic mass is 16.8. The molecule has 1 aliphatic rings. The van der Waals surface area contributed by atoms with Gasteiger partial charge < -0.3 is 14.6 Å². The average molecular weight is 200 g/mol. The molecule has 1 heterocycles. The largest absolute Gasteiger partial charge is 0.481 e. The Bertz CT molecular complexity index is 272. The Labute approximate surface area is 81.3 Å². The second-order valence-electron chi connectivity index (χ2n) is 3.15. The van der Waals surface area contributed by atoms with E-state index in [0.717, 1.165) is 0 Å². The minimum absolute atomic E-state index is 0.141. The lowest BCUT2D eigenvalue weighted by Gasteiger charge is -2.19. The molecule has 0 aromatic carbocycles. The van der Waals surface area contributed by atoms with E-state index in [1.54, 1.807) is 6.92 Å². The summed E-state index contributed by atoms with van der Waals surface area (Å²) < 4.78 is 9.95. The molecule has 0 aromatic rings. The van der Waals surface area contributed by atoms with E-state index in [9.17, 15) is 9.59 Å². The summed E-state index contributed by atoms with van der Waals surface area (Å²) in [5.74, 6) is -1.73. The Hall–Kier alpha value is -1.36. The van der Waals surface area contributed by atoms with Crippen molar-refractivity contribution in [3.05, 3.63) is 12.7 Å². The number of esters is 1. The summed E-state index contributed by atoms with van der Waals surface area (Å²) >= 11 is 0. The molecule has 0 aromatic heterocycles. The fraction of sp³-hybridized carbons (Fsp3) is 0.556. The van der Waals surface area contributed by atoms with Gasteiger partial charge in [-0.3, -0.25) is 4.79 Å². The number of carbonyl (C=O) groups excluding carboxylic acids is 1. The number of hydrogen-bond donors (Lipinski definition) is 1. The van der Waals surface area contributed by atoms with E-state index in [-0.39, 0.29) is 6.42 Å².